The lowest BCUT2D eigenvalue weighted by Crippen LogP contribution is -2.32. The van der Waals surface area contributed by atoms with Crippen LogP contribution in [0.4, 0.5) is 4.79 Å². The Morgan fingerprint density at radius 1 is 0.639 bits per heavy atom. The molecular weight excluding hydrogens is 851 g/mol. The van der Waals surface area contributed by atoms with Crippen LogP contribution in [0.2, 0.25) is 0 Å². The van der Waals surface area contributed by atoms with Gasteiger partial charge in [-0.05, 0) is 89.2 Å². The third-order valence-corrected chi connectivity index (χ3v) is 7.40. The van der Waals surface area contributed by atoms with Crippen molar-refractivity contribution in [2.45, 2.75) is 59.9 Å². The van der Waals surface area contributed by atoms with E-state index in [1.54, 1.807) is 82.8 Å². The predicted octanol–water partition coefficient (Wildman–Crippen LogP) is 9.88. The average Bonchev–Trinajstić information content (AvgIpc) is 4.06. The number of amides is 1. The molecule has 1 amide bonds. The van der Waals surface area contributed by atoms with E-state index in [4.69, 9.17) is 71.6 Å². The minimum absolute atomic E-state index is 0. The van der Waals surface area contributed by atoms with Crippen molar-refractivity contribution in [3.8, 4) is 51.2 Å². The van der Waals surface area contributed by atoms with Gasteiger partial charge in [0, 0.05) is 50.4 Å². The van der Waals surface area contributed by atoms with Gasteiger partial charge in [-0.3, -0.25) is 15.0 Å². The van der Waals surface area contributed by atoms with Crippen LogP contribution in [0.25, 0.3) is 34.0 Å². The molecule has 5 N–H and O–H groups in total. The molecule has 0 atom stereocenters. The number of carbonyl (C=O) groups is 1. The number of methoxy groups -OCH3 is 3. The van der Waals surface area contributed by atoms with Crippen molar-refractivity contribution in [1.82, 2.24) is 20.3 Å². The smallest absolute Gasteiger partial charge is 0.408 e. The van der Waals surface area contributed by atoms with Gasteiger partial charge < -0.3 is 53.7 Å². The van der Waals surface area contributed by atoms with Crippen LogP contribution in [0.5, 0.6) is 17.2 Å². The number of furan rings is 3. The summed E-state index contributed by atoms with van der Waals surface area (Å²) in [6.45, 7) is 12.1. The van der Waals surface area contributed by atoms with Crippen LogP contribution < -0.4 is 31.0 Å². The maximum Gasteiger partial charge on any atom is 0.408 e. The van der Waals surface area contributed by atoms with Gasteiger partial charge in [0.1, 0.15) is 57.4 Å². The lowest BCUT2D eigenvalue weighted by molar-refractivity contribution is 0.0520. The Hall–Kier alpha value is -5.29. The summed E-state index contributed by atoms with van der Waals surface area (Å²) in [5.74, 6) is 6.34. The fraction of sp³-hybridized carbons (Fsp3) is 0.349. The summed E-state index contributed by atoms with van der Waals surface area (Å²) in [4.78, 5) is 23.7. The van der Waals surface area contributed by atoms with E-state index in [-0.39, 0.29) is 24.3 Å². The molecule has 0 aliphatic heterocycles. The summed E-state index contributed by atoms with van der Waals surface area (Å²) < 4.78 is 42.4. The molecule has 15 nitrogen and oxygen atoms in total. The van der Waals surface area contributed by atoms with Crippen molar-refractivity contribution < 1.29 is 41.7 Å². The molecule has 0 aliphatic rings. The highest BCUT2D eigenvalue weighted by Crippen LogP contribution is 2.32. The number of aromatic nitrogens is 3. The fourth-order valence-corrected chi connectivity index (χ4v) is 4.79. The number of carbonyl (C=O) groups excluding carboxylic acids is 1. The molecule has 0 aromatic carbocycles. The molecule has 6 aromatic rings. The van der Waals surface area contributed by atoms with Gasteiger partial charge in [-0.1, -0.05) is 0 Å². The van der Waals surface area contributed by atoms with Gasteiger partial charge in [0.2, 0.25) is 0 Å². The van der Waals surface area contributed by atoms with Crippen LogP contribution in [0.1, 0.15) is 51.9 Å². The predicted molar refractivity (Wildman–Crippen MR) is 240 cm³/mol. The number of pyridine rings is 3. The molecule has 334 valence electrons. The largest absolute Gasteiger partial charge is 0.496 e. The van der Waals surface area contributed by atoms with Crippen LogP contribution in [0.15, 0.2) is 105 Å². The maximum atomic E-state index is 11.6. The van der Waals surface area contributed by atoms with Crippen LogP contribution in [-0.4, -0.2) is 66.5 Å². The summed E-state index contributed by atoms with van der Waals surface area (Å²) in [6, 6.07) is 16.4. The Balaban J connectivity index is 0.000000424. The monoisotopic (exact) mass is 906 g/mol. The van der Waals surface area contributed by atoms with Gasteiger partial charge in [0.05, 0.1) is 63.0 Å². The Morgan fingerprint density at radius 2 is 0.984 bits per heavy atom. The molecule has 0 spiro atoms. The molecule has 0 unspecified atom stereocenters. The molecule has 0 saturated heterocycles. The number of halogens is 3. The van der Waals surface area contributed by atoms with Gasteiger partial charge in [-0.15, -0.1) is 35.6 Å². The van der Waals surface area contributed by atoms with Crippen molar-refractivity contribution in [2.75, 3.05) is 39.9 Å². The maximum absolute atomic E-state index is 11.6. The van der Waals surface area contributed by atoms with Crippen molar-refractivity contribution in [1.29, 1.82) is 0 Å². The summed E-state index contributed by atoms with van der Waals surface area (Å²) in [5.41, 5.74) is 12.8. The van der Waals surface area contributed by atoms with E-state index in [9.17, 15) is 4.79 Å². The standard InChI is InChI=1S/C16H20N2O4.2C11H12N2O2.C4H10O.CH2Cl2.ClH/c1-16(2,3)22-15(19)18-9-11-5-6-14(21-11)12-10-17-8-7-13(12)20-4;2*1-14-10-4-5-13-7-9(10)11-3-2-8(6-12)15-11;1-3-5-4-2;2-1-3;/h5-8,10H,9H2,1-4H3,(H,18,19);2*2-5,7H,6,12H2,1H3;3-4H2,1-2H3;1H2;1H. The van der Waals surface area contributed by atoms with E-state index in [0.717, 1.165) is 64.4 Å². The second-order valence-corrected chi connectivity index (χ2v) is 13.5. The zero-order valence-corrected chi connectivity index (χ0v) is 38.1. The first kappa shape index (κ1) is 53.7. The molecule has 6 rings (SSSR count). The summed E-state index contributed by atoms with van der Waals surface area (Å²) in [6.07, 6.45) is 9.60. The first-order valence-corrected chi connectivity index (χ1v) is 19.8. The molecule has 0 saturated carbocycles. The van der Waals surface area contributed by atoms with Crippen molar-refractivity contribution in [3.05, 3.63) is 109 Å². The minimum Gasteiger partial charge on any atom is -0.496 e. The van der Waals surface area contributed by atoms with E-state index in [2.05, 4.69) is 20.3 Å². The second kappa shape index (κ2) is 29.9. The molecule has 0 radical (unpaired) electrons. The highest BCUT2D eigenvalue weighted by molar-refractivity contribution is 6.40. The third kappa shape index (κ3) is 19.3. The number of alkyl halides is 2. The Morgan fingerprint density at radius 3 is 1.26 bits per heavy atom. The minimum atomic E-state index is -0.526. The number of ether oxygens (including phenoxy) is 5. The summed E-state index contributed by atoms with van der Waals surface area (Å²) >= 11 is 9.53. The van der Waals surface area contributed by atoms with Gasteiger partial charge >= 0.3 is 6.09 Å². The molecule has 6 heterocycles. The van der Waals surface area contributed by atoms with Crippen molar-refractivity contribution >= 4 is 41.7 Å². The van der Waals surface area contributed by atoms with Crippen molar-refractivity contribution in [2.24, 2.45) is 11.5 Å². The SMILES string of the molecule is CCOCC.COc1ccncc1-c1ccc(CN)o1.COc1ccncc1-c1ccc(CN)o1.COc1ccncc1-c1ccc(CNC(=O)OC(C)(C)C)o1.Cl.ClCCl. The number of hydrogen-bond acceptors (Lipinski definition) is 14. The number of rotatable bonds is 12. The van der Waals surface area contributed by atoms with E-state index >= 15 is 0 Å². The average molecular weight is 908 g/mol. The van der Waals surface area contributed by atoms with Gasteiger partial charge in [-0.25, -0.2) is 4.79 Å². The lowest BCUT2D eigenvalue weighted by atomic mass is 10.2. The highest BCUT2D eigenvalue weighted by Gasteiger charge is 2.17. The van der Waals surface area contributed by atoms with Crippen LogP contribution >= 0.6 is 35.6 Å². The second-order valence-electron chi connectivity index (χ2n) is 12.7. The topological polar surface area (TPSA) is 205 Å². The van der Waals surface area contributed by atoms with Gasteiger partial charge in [-0.2, -0.15) is 0 Å². The summed E-state index contributed by atoms with van der Waals surface area (Å²) in [5, 5.41) is 2.84. The Kier molecular flexibility index (Phi) is 26.3. The normalized spacial score (nSPS) is 10.0. The number of alkyl carbamates (subject to hydrolysis) is 1. The quantitative estimate of drug-likeness (QED) is 0.0978. The molecule has 0 aliphatic carbocycles. The van der Waals surface area contributed by atoms with E-state index in [1.165, 1.54) is 0 Å². The third-order valence-electron chi connectivity index (χ3n) is 7.40. The summed E-state index contributed by atoms with van der Waals surface area (Å²) in [7, 11) is 4.82. The first-order valence-electron chi connectivity index (χ1n) is 18.7. The Bertz CT molecular complexity index is 2000. The van der Waals surface area contributed by atoms with Crippen LogP contribution in [0, 0.1) is 0 Å². The number of nitrogens with one attached hydrogen (secondary N) is 1. The molecule has 6 aromatic heterocycles. The van der Waals surface area contributed by atoms with Gasteiger partial charge in [0.25, 0.3) is 0 Å². The van der Waals surface area contributed by atoms with Crippen LogP contribution in [-0.2, 0) is 29.1 Å². The first-order chi connectivity index (χ1) is 28.9. The van der Waals surface area contributed by atoms with E-state index < -0.39 is 11.7 Å². The molecule has 0 fully saturated rings. The zero-order valence-electron chi connectivity index (χ0n) is 35.7. The molecule has 0 bridgehead atoms. The highest BCUT2D eigenvalue weighted by atomic mass is 35.5. The number of nitrogens with two attached hydrogens (primary N) is 2. The van der Waals surface area contributed by atoms with Gasteiger partial charge in [0.15, 0.2) is 0 Å². The van der Waals surface area contributed by atoms with Crippen LogP contribution in [0.3, 0.4) is 0 Å². The molecule has 61 heavy (non-hydrogen) atoms. The Labute approximate surface area is 373 Å². The van der Waals surface area contributed by atoms with E-state index in [1.807, 2.05) is 65.0 Å². The fourth-order valence-electron chi connectivity index (χ4n) is 4.79. The van der Waals surface area contributed by atoms with Crippen molar-refractivity contribution in [3.63, 3.8) is 0 Å². The molecular formula is C43H57Cl3N6O9. The number of nitrogens with zero attached hydrogens (tertiary/aromatic N) is 3. The zero-order chi connectivity index (χ0) is 44.3. The lowest BCUT2D eigenvalue weighted by Gasteiger charge is -2.19. The van der Waals surface area contributed by atoms with E-state index in [0.29, 0.717) is 30.4 Å². The number of hydrogen-bond donors (Lipinski definition) is 3. The molecule has 18 heteroatoms.